The first-order chi connectivity index (χ1) is 8.65. The lowest BCUT2D eigenvalue weighted by Crippen LogP contribution is -2.49. The van der Waals surface area contributed by atoms with E-state index in [1.54, 1.807) is 6.26 Å². The van der Waals surface area contributed by atoms with Crippen molar-refractivity contribution < 1.29 is 9.21 Å². The Hall–Kier alpha value is -1.33. The van der Waals surface area contributed by atoms with Gasteiger partial charge in [-0.15, -0.1) is 0 Å². The van der Waals surface area contributed by atoms with Crippen LogP contribution in [0.15, 0.2) is 22.8 Å². The molecule has 0 aliphatic carbocycles. The third-order valence-electron chi connectivity index (χ3n) is 3.44. The number of carbonyl (C=O) groups excluding carboxylic acids is 1. The second-order valence-corrected chi connectivity index (χ2v) is 4.96. The molecular weight excluding hydrogens is 230 g/mol. The summed E-state index contributed by atoms with van der Waals surface area (Å²) in [5.74, 6) is 0.811. The molecule has 5 heteroatoms. The van der Waals surface area contributed by atoms with E-state index in [2.05, 4.69) is 17.1 Å². The van der Waals surface area contributed by atoms with Crippen molar-refractivity contribution in [3.05, 3.63) is 24.2 Å². The first kappa shape index (κ1) is 13.1. The van der Waals surface area contributed by atoms with Gasteiger partial charge in [0.25, 0.3) is 0 Å². The minimum atomic E-state index is 0.0359. The van der Waals surface area contributed by atoms with Crippen molar-refractivity contribution in [2.75, 3.05) is 13.1 Å². The van der Waals surface area contributed by atoms with Crippen LogP contribution in [0.1, 0.15) is 25.5 Å². The second-order valence-electron chi connectivity index (χ2n) is 4.96. The number of carbonyl (C=O) groups is 1. The molecule has 1 aliphatic rings. The number of nitrogens with one attached hydrogen (secondary N) is 1. The summed E-state index contributed by atoms with van der Waals surface area (Å²) in [4.78, 5) is 14.0. The zero-order valence-corrected chi connectivity index (χ0v) is 10.8. The maximum atomic E-state index is 11.8. The zero-order valence-electron chi connectivity index (χ0n) is 10.8. The highest BCUT2D eigenvalue weighted by Gasteiger charge is 2.24. The molecule has 5 nitrogen and oxygen atoms in total. The fraction of sp³-hybridized carbons (Fsp3) is 0.615. The Labute approximate surface area is 107 Å². The average molecular weight is 251 g/mol. The molecule has 2 heterocycles. The number of hydrogen-bond acceptors (Lipinski definition) is 4. The normalized spacial score (nSPS) is 25.0. The lowest BCUT2D eigenvalue weighted by atomic mass is 9.99. The monoisotopic (exact) mass is 251 g/mol. The molecule has 0 bridgehead atoms. The van der Waals surface area contributed by atoms with Gasteiger partial charge in [0.05, 0.1) is 19.4 Å². The minimum absolute atomic E-state index is 0.0359. The van der Waals surface area contributed by atoms with Crippen LogP contribution in [0.3, 0.4) is 0 Å². The van der Waals surface area contributed by atoms with Crippen molar-refractivity contribution in [2.45, 2.75) is 38.4 Å². The molecule has 1 aliphatic heterocycles. The molecule has 1 aromatic rings. The van der Waals surface area contributed by atoms with Crippen molar-refractivity contribution in [1.29, 1.82) is 0 Å². The molecule has 0 saturated carbocycles. The van der Waals surface area contributed by atoms with E-state index in [4.69, 9.17) is 10.2 Å². The van der Waals surface area contributed by atoms with E-state index in [0.29, 0.717) is 19.1 Å². The number of hydrogen-bond donors (Lipinski definition) is 2. The van der Waals surface area contributed by atoms with E-state index < -0.39 is 0 Å². The van der Waals surface area contributed by atoms with Crippen LogP contribution < -0.4 is 11.1 Å². The highest BCUT2D eigenvalue weighted by Crippen LogP contribution is 2.15. The Morgan fingerprint density at radius 3 is 3.17 bits per heavy atom. The number of amides is 1. The summed E-state index contributed by atoms with van der Waals surface area (Å²) in [6.45, 7) is 3.91. The molecule has 0 spiro atoms. The number of nitrogens with two attached hydrogens (primary N) is 1. The van der Waals surface area contributed by atoms with E-state index in [1.165, 1.54) is 0 Å². The number of rotatable bonds is 4. The Bertz CT molecular complexity index is 378. The minimum Gasteiger partial charge on any atom is -0.467 e. The molecule has 2 unspecified atom stereocenters. The summed E-state index contributed by atoms with van der Waals surface area (Å²) in [5, 5.41) is 2.86. The summed E-state index contributed by atoms with van der Waals surface area (Å²) >= 11 is 0. The summed E-state index contributed by atoms with van der Waals surface area (Å²) in [5.41, 5.74) is 5.90. The van der Waals surface area contributed by atoms with Crippen molar-refractivity contribution in [3.63, 3.8) is 0 Å². The van der Waals surface area contributed by atoms with Crippen LogP contribution in [-0.4, -0.2) is 36.0 Å². The largest absolute Gasteiger partial charge is 0.467 e. The van der Waals surface area contributed by atoms with Gasteiger partial charge in [-0.3, -0.25) is 9.69 Å². The molecule has 0 aromatic carbocycles. The zero-order chi connectivity index (χ0) is 13.0. The van der Waals surface area contributed by atoms with Crippen molar-refractivity contribution >= 4 is 5.91 Å². The maximum Gasteiger partial charge on any atom is 0.234 e. The van der Waals surface area contributed by atoms with Crippen LogP contribution in [0.2, 0.25) is 0 Å². The molecule has 1 fully saturated rings. The van der Waals surface area contributed by atoms with Gasteiger partial charge in [-0.1, -0.05) is 0 Å². The highest BCUT2D eigenvalue weighted by molar-refractivity contribution is 5.78. The molecule has 0 radical (unpaired) electrons. The highest BCUT2D eigenvalue weighted by atomic mass is 16.3. The molecule has 1 aromatic heterocycles. The number of likely N-dealkylation sites (tertiary alicyclic amines) is 1. The van der Waals surface area contributed by atoms with Gasteiger partial charge in [0.15, 0.2) is 0 Å². The van der Waals surface area contributed by atoms with E-state index in [0.717, 1.165) is 25.1 Å². The molecule has 100 valence electrons. The van der Waals surface area contributed by atoms with Gasteiger partial charge >= 0.3 is 0 Å². The lowest BCUT2D eigenvalue weighted by Gasteiger charge is -2.35. The second kappa shape index (κ2) is 6.02. The van der Waals surface area contributed by atoms with Crippen LogP contribution in [0.25, 0.3) is 0 Å². The fourth-order valence-electron chi connectivity index (χ4n) is 2.33. The molecule has 1 amide bonds. The van der Waals surface area contributed by atoms with Crippen molar-refractivity contribution in [1.82, 2.24) is 10.2 Å². The van der Waals surface area contributed by atoms with Gasteiger partial charge in [-0.05, 0) is 31.9 Å². The molecule has 1 saturated heterocycles. The van der Waals surface area contributed by atoms with E-state index in [1.807, 2.05) is 12.1 Å². The number of nitrogens with zero attached hydrogens (tertiary/aromatic N) is 1. The van der Waals surface area contributed by atoms with Crippen LogP contribution in [0.5, 0.6) is 0 Å². The topological polar surface area (TPSA) is 71.5 Å². The molecule has 18 heavy (non-hydrogen) atoms. The van der Waals surface area contributed by atoms with Gasteiger partial charge in [-0.2, -0.15) is 0 Å². The number of furan rings is 1. The van der Waals surface area contributed by atoms with Crippen LogP contribution in [0, 0.1) is 0 Å². The molecule has 2 atom stereocenters. The maximum absolute atomic E-state index is 11.8. The number of piperidine rings is 1. The smallest absolute Gasteiger partial charge is 0.234 e. The van der Waals surface area contributed by atoms with Gasteiger partial charge in [0, 0.05) is 18.6 Å². The molecule has 3 N–H and O–H groups in total. The summed E-state index contributed by atoms with van der Waals surface area (Å²) < 4.78 is 5.16. The van der Waals surface area contributed by atoms with Gasteiger partial charge in [0.2, 0.25) is 5.91 Å². The summed E-state index contributed by atoms with van der Waals surface area (Å²) in [7, 11) is 0. The van der Waals surface area contributed by atoms with Gasteiger partial charge < -0.3 is 15.5 Å². The van der Waals surface area contributed by atoms with Gasteiger partial charge in [-0.25, -0.2) is 0 Å². The van der Waals surface area contributed by atoms with Crippen LogP contribution >= 0.6 is 0 Å². The molecule has 2 rings (SSSR count). The summed E-state index contributed by atoms with van der Waals surface area (Å²) in [6, 6.07) is 4.32. The Morgan fingerprint density at radius 2 is 2.50 bits per heavy atom. The van der Waals surface area contributed by atoms with Crippen molar-refractivity contribution in [2.24, 2.45) is 5.73 Å². The van der Waals surface area contributed by atoms with Crippen LogP contribution in [-0.2, 0) is 11.3 Å². The van der Waals surface area contributed by atoms with Gasteiger partial charge in [0.1, 0.15) is 5.76 Å². The van der Waals surface area contributed by atoms with Crippen molar-refractivity contribution in [3.8, 4) is 0 Å². The Morgan fingerprint density at radius 1 is 1.67 bits per heavy atom. The van der Waals surface area contributed by atoms with Crippen LogP contribution in [0.4, 0.5) is 0 Å². The fourth-order valence-corrected chi connectivity index (χ4v) is 2.33. The first-order valence-electron chi connectivity index (χ1n) is 6.44. The molecular formula is C13H21N3O2. The summed E-state index contributed by atoms with van der Waals surface area (Å²) in [6.07, 6.45) is 3.54. The average Bonchev–Trinajstić information content (AvgIpc) is 2.83. The quantitative estimate of drug-likeness (QED) is 0.826. The predicted octanol–water partition coefficient (Wildman–Crippen LogP) is 0.707. The van der Waals surface area contributed by atoms with E-state index >= 15 is 0 Å². The lowest BCUT2D eigenvalue weighted by molar-refractivity contribution is -0.123. The third-order valence-corrected chi connectivity index (χ3v) is 3.44. The third kappa shape index (κ3) is 3.58. The Kier molecular flexibility index (Phi) is 4.38. The first-order valence-corrected chi connectivity index (χ1v) is 6.44. The predicted molar refractivity (Wildman–Crippen MR) is 68.8 cm³/mol. The van der Waals surface area contributed by atoms with E-state index in [9.17, 15) is 4.79 Å². The SMILES string of the molecule is CC1CC(N)CCN1CC(=O)NCc1ccco1. The van der Waals surface area contributed by atoms with E-state index in [-0.39, 0.29) is 11.9 Å². The standard InChI is InChI=1S/C13H21N3O2/c1-10-7-11(14)4-5-16(10)9-13(17)15-8-12-3-2-6-18-12/h2-3,6,10-11H,4-5,7-9,14H2,1H3,(H,15,17). The Balaban J connectivity index is 1.73.